The van der Waals surface area contributed by atoms with Crippen LogP contribution in [0.4, 0.5) is 0 Å². The molecule has 0 atom stereocenters. The number of rotatable bonds is 7. The van der Waals surface area contributed by atoms with Gasteiger partial charge in [0.25, 0.3) is 0 Å². The average molecular weight is 1070 g/mol. The van der Waals surface area contributed by atoms with Gasteiger partial charge in [0.05, 0.1) is 30.5 Å². The normalized spacial score (nSPS) is 13.5. The van der Waals surface area contributed by atoms with Crippen LogP contribution in [0, 0.1) is 25.8 Å². The second-order valence-electron chi connectivity index (χ2n) is 18.8. The summed E-state index contributed by atoms with van der Waals surface area (Å²) < 4.78 is 56.9. The topological polar surface area (TPSA) is 43.9 Å². The Morgan fingerprint density at radius 1 is 0.657 bits per heavy atom. The first-order chi connectivity index (χ1) is 34.3. The van der Waals surface area contributed by atoms with Crippen LogP contribution in [0.3, 0.4) is 0 Å². The van der Waals surface area contributed by atoms with E-state index in [0.29, 0.717) is 33.6 Å². The molecule has 6 heteroatoms. The van der Waals surface area contributed by atoms with Gasteiger partial charge in [-0.3, -0.25) is 4.98 Å². The van der Waals surface area contributed by atoms with Crippen molar-refractivity contribution >= 4 is 67.8 Å². The van der Waals surface area contributed by atoms with Crippen LogP contribution in [0.1, 0.15) is 70.0 Å². The summed E-state index contributed by atoms with van der Waals surface area (Å²) in [6.07, 6.45) is 1.92. The Morgan fingerprint density at radius 2 is 1.42 bits per heavy atom. The van der Waals surface area contributed by atoms with Crippen LogP contribution in [0.5, 0.6) is 0 Å². The van der Waals surface area contributed by atoms with Gasteiger partial charge in [-0.2, -0.15) is 0 Å². The Hall–Kier alpha value is -6.43. The molecule has 3 aromatic heterocycles. The number of pyridine rings is 1. The Morgan fingerprint density at radius 3 is 2.10 bits per heavy atom. The maximum atomic E-state index is 8.65. The van der Waals surface area contributed by atoms with E-state index in [1.807, 2.05) is 30.5 Å². The molecule has 0 saturated heterocycles. The van der Waals surface area contributed by atoms with Crippen molar-refractivity contribution in [3.8, 4) is 39.5 Å². The van der Waals surface area contributed by atoms with E-state index in [-0.39, 0.29) is 37.5 Å². The smallest absolute Gasteiger partial charge is 0.121 e. The van der Waals surface area contributed by atoms with E-state index >= 15 is 0 Å². The van der Waals surface area contributed by atoms with Crippen LogP contribution in [-0.4, -0.2) is 22.6 Å². The fourth-order valence-corrected chi connectivity index (χ4v) is 10.2. The zero-order valence-electron chi connectivity index (χ0n) is 44.7. The number of hydrogen-bond acceptors (Lipinski definition) is 3. The molecule has 8 aromatic carbocycles. The Kier molecular flexibility index (Phi) is 10.6. The van der Waals surface area contributed by atoms with Gasteiger partial charge in [-0.05, 0) is 109 Å². The van der Waals surface area contributed by atoms with Gasteiger partial charge in [-0.15, -0.1) is 53.6 Å². The van der Waals surface area contributed by atoms with E-state index in [2.05, 4.69) is 166 Å². The SMILES string of the molecule is [2H]C([2H])([2H])c1c[c-]c(-c2ccc([Si](C)(C)C)cn2)cc1.[2H]C([2H])([2H])c1cccc2nc(-c3[c-]ccc4c3oc3cc5ccc6ccccc6c5cc34)n(-c3c(C(C)C)cc(-c4ccccc4)cc3C(C)C)c12.[Ir]. The van der Waals surface area contributed by atoms with Gasteiger partial charge >= 0.3 is 0 Å². The Bertz CT molecular complexity index is 3730. The predicted molar refractivity (Wildman–Crippen MR) is 282 cm³/mol. The molecule has 0 spiro atoms. The third-order valence-corrected chi connectivity index (χ3v) is 14.7. The molecule has 0 aliphatic rings. The quantitative estimate of drug-likeness (QED) is 0.0907. The molecule has 0 amide bonds. The number of imidazole rings is 1. The molecule has 0 aliphatic heterocycles. The van der Waals surface area contributed by atoms with E-state index < -0.39 is 21.8 Å². The maximum absolute atomic E-state index is 8.65. The van der Waals surface area contributed by atoms with Crippen LogP contribution in [0.25, 0.3) is 94.0 Å². The molecule has 0 unspecified atom stereocenters. The summed E-state index contributed by atoms with van der Waals surface area (Å²) >= 11 is 0. The van der Waals surface area contributed by atoms with Gasteiger partial charge in [0.15, 0.2) is 0 Å². The number of benzene rings is 8. The van der Waals surface area contributed by atoms with E-state index in [1.165, 1.54) is 27.4 Å². The van der Waals surface area contributed by atoms with Gasteiger partial charge in [-0.25, -0.2) is 0 Å². The van der Waals surface area contributed by atoms with Crippen LogP contribution in [-0.2, 0) is 20.1 Å². The van der Waals surface area contributed by atoms with E-state index in [9.17, 15) is 0 Å². The summed E-state index contributed by atoms with van der Waals surface area (Å²) in [5.41, 5.74) is 11.0. The molecule has 1 radical (unpaired) electrons. The molecule has 4 nitrogen and oxygen atoms in total. The standard InChI is InChI=1S/C46H37N2O.C15H18NSi.Ir/c1-27(2)37-23-33(30-14-7-6-8-15-30)24-38(28(3)4)44(37)48-43-29(5)13-11-20-41(43)47-46(48)36-19-12-18-35-40-26-39-32(25-42(40)49-45(35)36)22-21-31-16-9-10-17-34(31)39;1-12-5-7-13(8-6-12)15-10-9-14(11-16-15)17(2,3)4;/h6-18,20-28H,1-5H3;5-7,9-11H,1-4H3;/q2*-1;/i5D3;1D3;. The van der Waals surface area contributed by atoms with Crippen molar-refractivity contribution in [1.82, 2.24) is 14.5 Å². The van der Waals surface area contributed by atoms with Crippen LogP contribution >= 0.6 is 0 Å². The van der Waals surface area contributed by atoms with Crippen molar-refractivity contribution in [3.63, 3.8) is 0 Å². The van der Waals surface area contributed by atoms with Crippen molar-refractivity contribution in [2.24, 2.45) is 0 Å². The number of fused-ring (bicyclic) bond motifs is 7. The molecule has 11 aromatic rings. The van der Waals surface area contributed by atoms with Crippen molar-refractivity contribution < 1.29 is 32.7 Å². The summed E-state index contributed by atoms with van der Waals surface area (Å²) in [6, 6.07) is 56.9. The molecule has 0 saturated carbocycles. The Labute approximate surface area is 417 Å². The Balaban J connectivity index is 0.000000264. The molecule has 0 aliphatic carbocycles. The monoisotopic (exact) mass is 1070 g/mol. The van der Waals surface area contributed by atoms with Crippen LogP contribution in [0.15, 0.2) is 162 Å². The van der Waals surface area contributed by atoms with Crippen molar-refractivity contribution in [2.45, 2.75) is 72.9 Å². The third-order valence-electron chi connectivity index (χ3n) is 12.7. The minimum Gasteiger partial charge on any atom is -0.501 e. The number of aryl methyl sites for hydroxylation is 2. The molecular formula is C61H55IrN3OSi-2. The second-order valence-corrected chi connectivity index (χ2v) is 23.9. The predicted octanol–water partition coefficient (Wildman–Crippen LogP) is 16.3. The number of aromatic nitrogens is 3. The van der Waals surface area contributed by atoms with Crippen LogP contribution < -0.4 is 5.19 Å². The summed E-state index contributed by atoms with van der Waals surface area (Å²) in [5, 5.41) is 7.93. The first-order valence-corrected chi connectivity index (χ1v) is 26.2. The van der Waals surface area contributed by atoms with Crippen molar-refractivity contribution in [3.05, 3.63) is 192 Å². The molecule has 0 fully saturated rings. The number of para-hydroxylation sites is 1. The number of nitrogens with zero attached hydrogens (tertiary/aromatic N) is 3. The zero-order valence-corrected chi connectivity index (χ0v) is 42.1. The molecular weight excluding hydrogens is 1010 g/mol. The van der Waals surface area contributed by atoms with Crippen LogP contribution in [0.2, 0.25) is 19.6 Å². The van der Waals surface area contributed by atoms with Crippen molar-refractivity contribution in [1.29, 1.82) is 0 Å². The molecule has 11 rings (SSSR count). The number of furan rings is 1. The van der Waals surface area contributed by atoms with Gasteiger partial charge in [-0.1, -0.05) is 156 Å². The van der Waals surface area contributed by atoms with E-state index in [0.717, 1.165) is 60.9 Å². The first-order valence-electron chi connectivity index (χ1n) is 25.7. The summed E-state index contributed by atoms with van der Waals surface area (Å²) in [4.78, 5) is 9.72. The number of hydrogen-bond donors (Lipinski definition) is 0. The molecule has 335 valence electrons. The molecule has 0 N–H and O–H groups in total. The van der Waals surface area contributed by atoms with Crippen molar-refractivity contribution in [2.75, 3.05) is 0 Å². The minimum absolute atomic E-state index is 0. The maximum Gasteiger partial charge on any atom is 0.121 e. The van der Waals surface area contributed by atoms with Gasteiger partial charge < -0.3 is 14.0 Å². The van der Waals surface area contributed by atoms with Gasteiger partial charge in [0.1, 0.15) is 5.58 Å². The molecule has 67 heavy (non-hydrogen) atoms. The first kappa shape index (κ1) is 38.6. The molecule has 0 bridgehead atoms. The van der Waals surface area contributed by atoms with E-state index in [1.54, 1.807) is 24.3 Å². The third kappa shape index (κ3) is 8.59. The zero-order chi connectivity index (χ0) is 50.9. The second kappa shape index (κ2) is 18.3. The fraction of sp³-hybridized carbons (Fsp3) is 0.180. The summed E-state index contributed by atoms with van der Waals surface area (Å²) in [5.74, 6) is 0.840. The van der Waals surface area contributed by atoms with Gasteiger partial charge in [0.2, 0.25) is 0 Å². The molecule has 3 heterocycles. The van der Waals surface area contributed by atoms with E-state index in [4.69, 9.17) is 17.6 Å². The summed E-state index contributed by atoms with van der Waals surface area (Å²) in [7, 11) is -1.34. The van der Waals surface area contributed by atoms with Gasteiger partial charge in [0, 0.05) is 45.6 Å². The largest absolute Gasteiger partial charge is 0.501 e. The average Bonchev–Trinajstić information content (AvgIpc) is 3.93. The fourth-order valence-electron chi connectivity index (χ4n) is 9.12. The summed E-state index contributed by atoms with van der Waals surface area (Å²) in [6.45, 7) is 11.2. The minimum atomic E-state index is -2.37.